The minimum absolute atomic E-state index is 0.662. The first-order chi connectivity index (χ1) is 37.7. The molecule has 0 aliphatic heterocycles. The second-order valence-electron chi connectivity index (χ2n) is 20.3. The van der Waals surface area contributed by atoms with Gasteiger partial charge in [-0.1, -0.05) is 212 Å². The maximum atomic E-state index is 6.87. The summed E-state index contributed by atoms with van der Waals surface area (Å²) in [5, 5.41) is 9.39. The van der Waals surface area contributed by atoms with E-state index in [-0.39, 0.29) is 0 Å². The molecule has 13 aromatic carbocycles. The van der Waals surface area contributed by atoms with Crippen molar-refractivity contribution >= 4 is 88.4 Å². The average molecular weight is 967 g/mol. The molecule has 2 aliphatic carbocycles. The van der Waals surface area contributed by atoms with Crippen molar-refractivity contribution in [3.8, 4) is 33.4 Å². The van der Waals surface area contributed by atoms with E-state index in [1.54, 1.807) is 0 Å². The van der Waals surface area contributed by atoms with E-state index in [0.29, 0.717) is 0 Å². The molecule has 3 heteroatoms. The highest BCUT2D eigenvalue weighted by atomic mass is 16.3. The van der Waals surface area contributed by atoms with Crippen molar-refractivity contribution in [2.45, 2.75) is 5.41 Å². The summed E-state index contributed by atoms with van der Waals surface area (Å²) < 4.78 is 6.87. The first-order valence-corrected chi connectivity index (χ1v) is 26.2. The predicted molar refractivity (Wildman–Crippen MR) is 317 cm³/mol. The summed E-state index contributed by atoms with van der Waals surface area (Å²) in [6.45, 7) is 0. The molecule has 14 aromatic rings. The smallest absolute Gasteiger partial charge is 0.159 e. The molecule has 16 rings (SSSR count). The average Bonchev–Trinajstić information content (AvgIpc) is 4.33. The molecule has 354 valence electrons. The molecule has 2 aliphatic rings. The highest BCUT2D eigenvalue weighted by molar-refractivity contribution is 6.11. The molecular formula is C73H46N2O. The molecule has 0 N–H and O–H groups in total. The van der Waals surface area contributed by atoms with Crippen LogP contribution in [0.3, 0.4) is 0 Å². The van der Waals surface area contributed by atoms with Crippen LogP contribution >= 0.6 is 0 Å². The van der Waals surface area contributed by atoms with E-state index in [4.69, 9.17) is 4.42 Å². The maximum Gasteiger partial charge on any atom is 0.159 e. The van der Waals surface area contributed by atoms with Crippen LogP contribution in [0.4, 0.5) is 34.1 Å². The van der Waals surface area contributed by atoms with E-state index >= 15 is 0 Å². The third kappa shape index (κ3) is 6.17. The van der Waals surface area contributed by atoms with Gasteiger partial charge < -0.3 is 14.2 Å². The number of rotatable bonds is 7. The summed E-state index contributed by atoms with van der Waals surface area (Å²) in [5.41, 5.74) is 19.9. The highest BCUT2D eigenvalue weighted by Crippen LogP contribution is 2.64. The van der Waals surface area contributed by atoms with Gasteiger partial charge in [0.05, 0.1) is 16.8 Å². The molecule has 1 heterocycles. The van der Waals surface area contributed by atoms with Crippen LogP contribution in [0.1, 0.15) is 22.3 Å². The lowest BCUT2D eigenvalue weighted by Gasteiger charge is -2.34. The summed E-state index contributed by atoms with van der Waals surface area (Å²) in [6, 6.07) is 103. The van der Waals surface area contributed by atoms with Gasteiger partial charge in [0.1, 0.15) is 5.58 Å². The number of anilines is 6. The van der Waals surface area contributed by atoms with Gasteiger partial charge in [-0.3, -0.25) is 0 Å². The number of para-hydroxylation sites is 2. The third-order valence-electron chi connectivity index (χ3n) is 16.4. The molecule has 0 saturated heterocycles. The fourth-order valence-corrected chi connectivity index (χ4v) is 13.1. The van der Waals surface area contributed by atoms with E-state index in [2.05, 4.69) is 289 Å². The summed E-state index contributed by atoms with van der Waals surface area (Å²) in [6.07, 6.45) is 0. The number of fused-ring (bicyclic) bond motifs is 16. The van der Waals surface area contributed by atoms with E-state index in [1.165, 1.54) is 88.0 Å². The molecule has 0 radical (unpaired) electrons. The van der Waals surface area contributed by atoms with Crippen LogP contribution in [0, 0.1) is 0 Å². The lowest BCUT2D eigenvalue weighted by Crippen LogP contribution is -2.26. The Morgan fingerprint density at radius 2 is 0.737 bits per heavy atom. The Morgan fingerprint density at radius 1 is 0.276 bits per heavy atom. The van der Waals surface area contributed by atoms with Crippen LogP contribution in [0.2, 0.25) is 0 Å². The zero-order valence-electron chi connectivity index (χ0n) is 41.4. The minimum Gasteiger partial charge on any atom is -0.454 e. The van der Waals surface area contributed by atoms with E-state index < -0.39 is 5.41 Å². The SMILES string of the molecule is c1ccc(-c2c(N(c3ccc4c(c3)C3(c5ccccc5-4)c4ccccc4-c4ccc(N(c5ccc6ccccc6c5)c5cccc6c5oc5ccccc56)cc43)c3ccc4ccccc4c3)ccc3ccccc23)cc1. The Morgan fingerprint density at radius 3 is 1.38 bits per heavy atom. The van der Waals surface area contributed by atoms with Crippen molar-refractivity contribution in [2.24, 2.45) is 0 Å². The standard InChI is InChI=1S/C73H46N2O/c1-2-20-50(21-3-1)71-57-24-9-8-19-49(57)35-42-68(71)74(53-36-33-47-17-4-6-22-51(47)43-53)55-38-40-60-58-25-10-13-29-64(58)73(66(60)45-55)65-30-14-11-26-59(65)61-41-39-56(46-67(61)73)75(54-37-34-48-18-5-7-23-52(48)44-54)69-31-16-28-63-62-27-12-15-32-70(62)76-72(63)69/h1-46H. The first-order valence-electron chi connectivity index (χ1n) is 26.2. The molecular weight excluding hydrogens is 921 g/mol. The molecule has 0 bridgehead atoms. The third-order valence-corrected chi connectivity index (χ3v) is 16.4. The van der Waals surface area contributed by atoms with E-state index in [1.807, 2.05) is 0 Å². The number of furan rings is 1. The van der Waals surface area contributed by atoms with Gasteiger partial charge in [0, 0.05) is 39.1 Å². The topological polar surface area (TPSA) is 19.6 Å². The van der Waals surface area contributed by atoms with E-state index in [9.17, 15) is 0 Å². The fraction of sp³-hybridized carbons (Fsp3) is 0.0137. The Hall–Kier alpha value is -9.96. The van der Waals surface area contributed by atoms with Crippen molar-refractivity contribution in [2.75, 3.05) is 9.80 Å². The quantitative estimate of drug-likeness (QED) is 0.159. The largest absolute Gasteiger partial charge is 0.454 e. The highest BCUT2D eigenvalue weighted by Gasteiger charge is 2.52. The summed E-state index contributed by atoms with van der Waals surface area (Å²) >= 11 is 0. The van der Waals surface area contributed by atoms with Gasteiger partial charge in [-0.25, -0.2) is 0 Å². The van der Waals surface area contributed by atoms with Crippen molar-refractivity contribution in [1.29, 1.82) is 0 Å². The lowest BCUT2D eigenvalue weighted by atomic mass is 9.70. The molecule has 1 spiro atoms. The maximum absolute atomic E-state index is 6.87. The minimum atomic E-state index is -0.662. The fourth-order valence-electron chi connectivity index (χ4n) is 13.1. The van der Waals surface area contributed by atoms with Gasteiger partial charge in [-0.2, -0.15) is 0 Å². The second-order valence-corrected chi connectivity index (χ2v) is 20.3. The van der Waals surface area contributed by atoms with Crippen molar-refractivity contribution in [3.63, 3.8) is 0 Å². The molecule has 0 saturated carbocycles. The van der Waals surface area contributed by atoms with Crippen LogP contribution in [0.25, 0.3) is 87.6 Å². The van der Waals surface area contributed by atoms with Crippen LogP contribution in [-0.4, -0.2) is 0 Å². The van der Waals surface area contributed by atoms with Crippen molar-refractivity contribution in [1.82, 2.24) is 0 Å². The Labute approximate surface area is 440 Å². The Bertz CT molecular complexity index is 4670. The second kappa shape index (κ2) is 16.5. The monoisotopic (exact) mass is 966 g/mol. The Balaban J connectivity index is 0.971. The number of nitrogens with zero attached hydrogens (tertiary/aromatic N) is 2. The lowest BCUT2D eigenvalue weighted by molar-refractivity contribution is 0.669. The number of benzene rings is 13. The van der Waals surface area contributed by atoms with E-state index in [0.717, 1.165) is 56.1 Å². The molecule has 0 fully saturated rings. The van der Waals surface area contributed by atoms with Gasteiger partial charge in [0.25, 0.3) is 0 Å². The molecule has 1 atom stereocenters. The molecule has 0 amide bonds. The first kappa shape index (κ1) is 42.5. The van der Waals surface area contributed by atoms with Crippen molar-refractivity contribution in [3.05, 3.63) is 301 Å². The van der Waals surface area contributed by atoms with Crippen LogP contribution in [0.15, 0.2) is 283 Å². The predicted octanol–water partition coefficient (Wildman–Crippen LogP) is 20.0. The Kier molecular flexibility index (Phi) is 9.25. The number of hydrogen-bond donors (Lipinski definition) is 0. The molecule has 1 aromatic heterocycles. The van der Waals surface area contributed by atoms with Gasteiger partial charge >= 0.3 is 0 Å². The number of hydrogen-bond acceptors (Lipinski definition) is 3. The van der Waals surface area contributed by atoms with Crippen LogP contribution < -0.4 is 9.80 Å². The zero-order valence-corrected chi connectivity index (χ0v) is 41.4. The normalized spacial score (nSPS) is 14.1. The van der Waals surface area contributed by atoms with Crippen molar-refractivity contribution < 1.29 is 4.42 Å². The van der Waals surface area contributed by atoms with Gasteiger partial charge in [-0.15, -0.1) is 0 Å². The molecule has 76 heavy (non-hydrogen) atoms. The van der Waals surface area contributed by atoms with Gasteiger partial charge in [-0.05, 0) is 149 Å². The zero-order chi connectivity index (χ0) is 49.9. The molecule has 3 nitrogen and oxygen atoms in total. The van der Waals surface area contributed by atoms with Gasteiger partial charge in [0.15, 0.2) is 5.58 Å². The van der Waals surface area contributed by atoms with Crippen LogP contribution in [0.5, 0.6) is 0 Å². The molecule has 1 unspecified atom stereocenters. The summed E-state index contributed by atoms with van der Waals surface area (Å²) in [7, 11) is 0. The summed E-state index contributed by atoms with van der Waals surface area (Å²) in [4.78, 5) is 4.92. The van der Waals surface area contributed by atoms with Crippen LogP contribution in [-0.2, 0) is 5.41 Å². The van der Waals surface area contributed by atoms with Gasteiger partial charge in [0.2, 0.25) is 0 Å². The summed E-state index contributed by atoms with van der Waals surface area (Å²) in [5.74, 6) is 0.